The summed E-state index contributed by atoms with van der Waals surface area (Å²) in [6.45, 7) is 5.27. The summed E-state index contributed by atoms with van der Waals surface area (Å²) in [6.07, 6.45) is 1.85. The molecule has 0 radical (unpaired) electrons. The Kier molecular flexibility index (Phi) is 4.13. The van der Waals surface area contributed by atoms with Crippen LogP contribution in [0.15, 0.2) is 30.3 Å². The minimum Gasteiger partial charge on any atom is -0.369 e. The molecule has 5 nitrogen and oxygen atoms in total. The summed E-state index contributed by atoms with van der Waals surface area (Å²) in [4.78, 5) is 20.2. The van der Waals surface area contributed by atoms with Gasteiger partial charge in [-0.3, -0.25) is 4.98 Å². The molecule has 1 fully saturated rings. The van der Waals surface area contributed by atoms with Gasteiger partial charge in [-0.05, 0) is 25.0 Å². The second-order valence-corrected chi connectivity index (χ2v) is 5.67. The molecule has 2 N–H and O–H groups in total. The van der Waals surface area contributed by atoms with E-state index in [9.17, 15) is 4.79 Å². The smallest absolute Gasteiger partial charge is 0.314 e. The van der Waals surface area contributed by atoms with Gasteiger partial charge >= 0.3 is 6.03 Å². The van der Waals surface area contributed by atoms with Crippen molar-refractivity contribution in [2.45, 2.75) is 19.8 Å². The van der Waals surface area contributed by atoms with Crippen LogP contribution < -0.4 is 10.6 Å². The van der Waals surface area contributed by atoms with Crippen LogP contribution in [-0.2, 0) is 6.42 Å². The number of aromatic nitrogens is 1. The Morgan fingerprint density at radius 1 is 1.23 bits per heavy atom. The second kappa shape index (κ2) is 6.22. The molecule has 0 bridgehead atoms. The summed E-state index contributed by atoms with van der Waals surface area (Å²) in [5.41, 5.74) is 8.77. The monoisotopic (exact) mass is 298 g/mol. The molecule has 1 aliphatic heterocycles. The molecule has 5 heteroatoms. The molecule has 1 aromatic carbocycles. The van der Waals surface area contributed by atoms with Gasteiger partial charge in [-0.15, -0.1) is 0 Å². The van der Waals surface area contributed by atoms with Gasteiger partial charge in [-0.25, -0.2) is 4.79 Å². The molecular weight excluding hydrogens is 276 g/mol. The highest BCUT2D eigenvalue weighted by atomic mass is 16.2. The van der Waals surface area contributed by atoms with Crippen molar-refractivity contribution in [1.29, 1.82) is 0 Å². The number of nitrogens with two attached hydrogens (primary N) is 1. The predicted octanol–water partition coefficient (Wildman–Crippen LogP) is 2.39. The number of anilines is 1. The first-order chi connectivity index (χ1) is 10.7. The topological polar surface area (TPSA) is 62.5 Å². The number of hydrogen-bond acceptors (Lipinski definition) is 3. The van der Waals surface area contributed by atoms with Gasteiger partial charge in [0.05, 0.1) is 5.52 Å². The van der Waals surface area contributed by atoms with E-state index < -0.39 is 0 Å². The van der Waals surface area contributed by atoms with Gasteiger partial charge in [0.15, 0.2) is 0 Å². The number of primary amides is 1. The van der Waals surface area contributed by atoms with Crippen molar-refractivity contribution in [1.82, 2.24) is 9.88 Å². The summed E-state index contributed by atoms with van der Waals surface area (Å²) in [5, 5.41) is 1.17. The van der Waals surface area contributed by atoms with Crippen molar-refractivity contribution in [2.75, 3.05) is 31.1 Å². The number of carbonyl (C=O) groups excluding carboxylic acids is 1. The Bertz CT molecular complexity index is 685. The maximum absolute atomic E-state index is 11.4. The Morgan fingerprint density at radius 2 is 2.05 bits per heavy atom. The number of hydrogen-bond donors (Lipinski definition) is 1. The fraction of sp³-hybridized carbons (Fsp3) is 0.412. The van der Waals surface area contributed by atoms with Gasteiger partial charge in [-0.2, -0.15) is 0 Å². The quantitative estimate of drug-likeness (QED) is 0.926. The largest absolute Gasteiger partial charge is 0.369 e. The van der Waals surface area contributed by atoms with Crippen molar-refractivity contribution in [2.24, 2.45) is 5.73 Å². The number of pyridine rings is 1. The number of fused-ring (bicyclic) bond motifs is 1. The van der Waals surface area contributed by atoms with E-state index in [2.05, 4.69) is 30.0 Å². The number of amides is 2. The molecule has 0 saturated carbocycles. The number of para-hydroxylation sites is 1. The van der Waals surface area contributed by atoms with Crippen LogP contribution in [0.3, 0.4) is 0 Å². The lowest BCUT2D eigenvalue weighted by Gasteiger charge is -2.25. The number of rotatable bonds is 2. The third-order valence-electron chi connectivity index (χ3n) is 4.26. The van der Waals surface area contributed by atoms with Crippen molar-refractivity contribution in [3.8, 4) is 0 Å². The van der Waals surface area contributed by atoms with E-state index in [0.717, 1.165) is 43.7 Å². The first-order valence-electron chi connectivity index (χ1n) is 7.87. The lowest BCUT2D eigenvalue weighted by Crippen LogP contribution is -2.38. The third kappa shape index (κ3) is 2.84. The Morgan fingerprint density at radius 3 is 2.82 bits per heavy atom. The van der Waals surface area contributed by atoms with Crippen LogP contribution in [0.4, 0.5) is 10.5 Å². The third-order valence-corrected chi connectivity index (χ3v) is 4.26. The Balaban J connectivity index is 1.96. The lowest BCUT2D eigenvalue weighted by atomic mass is 10.1. The molecular formula is C17H22N4O. The predicted molar refractivity (Wildman–Crippen MR) is 89.1 cm³/mol. The van der Waals surface area contributed by atoms with Gasteiger partial charge in [0.2, 0.25) is 0 Å². The molecule has 1 saturated heterocycles. The highest BCUT2D eigenvalue weighted by Crippen LogP contribution is 2.28. The van der Waals surface area contributed by atoms with Crippen LogP contribution in [0, 0.1) is 0 Å². The zero-order chi connectivity index (χ0) is 15.5. The standard InChI is InChI=1S/C17H22N4O/c1-2-13-12-16(14-6-3-4-7-15(14)19-13)20-8-5-9-21(11-10-20)17(18)22/h3-4,6-7,12H,2,5,8-11H2,1H3,(H2,18,22). The van der Waals surface area contributed by atoms with Gasteiger partial charge in [0.1, 0.15) is 0 Å². The molecule has 2 amide bonds. The van der Waals surface area contributed by atoms with Crippen LogP contribution in [-0.4, -0.2) is 42.1 Å². The minimum absolute atomic E-state index is 0.323. The minimum atomic E-state index is -0.323. The lowest BCUT2D eigenvalue weighted by molar-refractivity contribution is 0.211. The van der Waals surface area contributed by atoms with E-state index in [1.165, 1.54) is 11.1 Å². The van der Waals surface area contributed by atoms with Crippen molar-refractivity contribution >= 4 is 22.6 Å². The Labute approximate surface area is 130 Å². The zero-order valence-electron chi connectivity index (χ0n) is 13.0. The number of urea groups is 1. The fourth-order valence-corrected chi connectivity index (χ4v) is 3.03. The van der Waals surface area contributed by atoms with Crippen LogP contribution >= 0.6 is 0 Å². The van der Waals surface area contributed by atoms with E-state index in [1.54, 1.807) is 4.90 Å². The Hall–Kier alpha value is -2.30. The molecule has 116 valence electrons. The fourth-order valence-electron chi connectivity index (χ4n) is 3.03. The maximum Gasteiger partial charge on any atom is 0.314 e. The van der Waals surface area contributed by atoms with Crippen LogP contribution in [0.25, 0.3) is 10.9 Å². The molecule has 22 heavy (non-hydrogen) atoms. The molecule has 3 rings (SSSR count). The van der Waals surface area contributed by atoms with Gasteiger partial charge in [-0.1, -0.05) is 25.1 Å². The van der Waals surface area contributed by atoms with Gasteiger partial charge in [0.25, 0.3) is 0 Å². The van der Waals surface area contributed by atoms with E-state index >= 15 is 0 Å². The molecule has 0 aliphatic carbocycles. The molecule has 2 heterocycles. The van der Waals surface area contributed by atoms with Crippen molar-refractivity contribution in [3.63, 3.8) is 0 Å². The average molecular weight is 298 g/mol. The van der Waals surface area contributed by atoms with E-state index in [0.29, 0.717) is 6.54 Å². The van der Waals surface area contributed by atoms with E-state index in [-0.39, 0.29) is 6.03 Å². The molecule has 0 spiro atoms. The summed E-state index contributed by atoms with van der Waals surface area (Å²) < 4.78 is 0. The number of aryl methyl sites for hydroxylation is 1. The van der Waals surface area contributed by atoms with Crippen LogP contribution in [0.1, 0.15) is 19.0 Å². The second-order valence-electron chi connectivity index (χ2n) is 5.67. The summed E-state index contributed by atoms with van der Waals surface area (Å²) in [6, 6.07) is 10.1. The van der Waals surface area contributed by atoms with Crippen LogP contribution in [0.2, 0.25) is 0 Å². The number of nitrogens with zero attached hydrogens (tertiary/aromatic N) is 3. The molecule has 1 aliphatic rings. The highest BCUT2D eigenvalue weighted by molar-refractivity contribution is 5.92. The molecule has 0 atom stereocenters. The van der Waals surface area contributed by atoms with E-state index in [4.69, 9.17) is 10.7 Å². The van der Waals surface area contributed by atoms with E-state index in [1.807, 2.05) is 12.1 Å². The van der Waals surface area contributed by atoms with Crippen molar-refractivity contribution < 1.29 is 4.79 Å². The maximum atomic E-state index is 11.4. The SMILES string of the molecule is CCc1cc(N2CCCN(C(N)=O)CC2)c2ccccc2n1. The highest BCUT2D eigenvalue weighted by Gasteiger charge is 2.19. The average Bonchev–Trinajstić information content (AvgIpc) is 2.80. The van der Waals surface area contributed by atoms with Gasteiger partial charge < -0.3 is 15.5 Å². The normalized spacial score (nSPS) is 15.9. The molecule has 0 unspecified atom stereocenters. The van der Waals surface area contributed by atoms with Gasteiger partial charge in [0, 0.05) is 42.9 Å². The summed E-state index contributed by atoms with van der Waals surface area (Å²) in [7, 11) is 0. The van der Waals surface area contributed by atoms with Crippen LogP contribution in [0.5, 0.6) is 0 Å². The molecule has 2 aromatic rings. The zero-order valence-corrected chi connectivity index (χ0v) is 13.0. The summed E-state index contributed by atoms with van der Waals surface area (Å²) >= 11 is 0. The number of benzene rings is 1. The first-order valence-corrected chi connectivity index (χ1v) is 7.87. The first kappa shape index (κ1) is 14.6. The summed E-state index contributed by atoms with van der Waals surface area (Å²) in [5.74, 6) is 0. The number of carbonyl (C=O) groups is 1. The molecule has 1 aromatic heterocycles. The van der Waals surface area contributed by atoms with Crippen molar-refractivity contribution in [3.05, 3.63) is 36.0 Å².